The summed E-state index contributed by atoms with van der Waals surface area (Å²) in [4.78, 5) is 15.2. The average Bonchev–Trinajstić information content (AvgIpc) is 2.59. The number of carbonyl (C=O) groups is 1. The lowest BCUT2D eigenvalue weighted by Crippen LogP contribution is -2.39. The van der Waals surface area contributed by atoms with Crippen LogP contribution in [0.5, 0.6) is 5.75 Å². The van der Waals surface area contributed by atoms with Crippen molar-refractivity contribution < 1.29 is 14.3 Å². The van der Waals surface area contributed by atoms with Crippen molar-refractivity contribution in [1.82, 2.24) is 10.6 Å². The van der Waals surface area contributed by atoms with Crippen LogP contribution >= 0.6 is 0 Å². The van der Waals surface area contributed by atoms with Crippen LogP contribution in [0.25, 0.3) is 0 Å². The molecule has 0 aliphatic carbocycles. The summed E-state index contributed by atoms with van der Waals surface area (Å²) in [5.41, 5.74) is 1.28. The molecule has 6 nitrogen and oxygen atoms in total. The summed E-state index contributed by atoms with van der Waals surface area (Å²) >= 11 is 0. The molecule has 0 saturated carbocycles. The van der Waals surface area contributed by atoms with Crippen molar-refractivity contribution in [2.75, 3.05) is 34.4 Å². The van der Waals surface area contributed by atoms with Crippen LogP contribution in [0.3, 0.4) is 0 Å². The summed E-state index contributed by atoms with van der Waals surface area (Å²) in [6, 6.07) is 8.14. The predicted molar refractivity (Wildman–Crippen MR) is 92.0 cm³/mol. The van der Waals surface area contributed by atoms with Gasteiger partial charge in [-0.05, 0) is 30.0 Å². The molecule has 0 spiro atoms. The molecular weight excluding hydrogens is 294 g/mol. The topological polar surface area (TPSA) is 72.0 Å². The Morgan fingerprint density at radius 1 is 1.17 bits per heavy atom. The van der Waals surface area contributed by atoms with Gasteiger partial charge in [-0.25, -0.2) is 0 Å². The standard InChI is InChI=1S/C17H27N3O3/c1-13(14-5-7-15(22-3)8-6-14)9-11-19-17(18-2)20-12-10-16(21)23-4/h5-8,13H,9-12H2,1-4H3,(H2,18,19,20). The Balaban J connectivity index is 2.31. The number of guanidine groups is 1. The Kier molecular flexibility index (Phi) is 8.57. The predicted octanol–water partition coefficient (Wildman–Crippen LogP) is 1.92. The lowest BCUT2D eigenvalue weighted by atomic mass is 9.98. The monoisotopic (exact) mass is 321 g/mol. The highest BCUT2D eigenvalue weighted by molar-refractivity contribution is 5.80. The van der Waals surface area contributed by atoms with Gasteiger partial charge in [-0.15, -0.1) is 0 Å². The molecule has 1 rings (SSSR count). The van der Waals surface area contributed by atoms with E-state index in [1.165, 1.54) is 12.7 Å². The van der Waals surface area contributed by atoms with Crippen LogP contribution in [0, 0.1) is 0 Å². The van der Waals surface area contributed by atoms with Gasteiger partial charge in [0.1, 0.15) is 5.75 Å². The van der Waals surface area contributed by atoms with Crippen LogP contribution in [0.1, 0.15) is 31.2 Å². The zero-order valence-electron chi connectivity index (χ0n) is 14.4. The van der Waals surface area contributed by atoms with E-state index in [0.717, 1.165) is 18.7 Å². The number of rotatable bonds is 8. The van der Waals surface area contributed by atoms with Crippen LogP contribution in [0.4, 0.5) is 0 Å². The average molecular weight is 321 g/mol. The van der Waals surface area contributed by atoms with E-state index in [1.54, 1.807) is 14.2 Å². The molecule has 1 unspecified atom stereocenters. The molecule has 0 aliphatic heterocycles. The van der Waals surface area contributed by atoms with Crippen LogP contribution in [-0.2, 0) is 9.53 Å². The molecule has 0 radical (unpaired) electrons. The third-order valence-corrected chi connectivity index (χ3v) is 3.63. The van der Waals surface area contributed by atoms with E-state index in [4.69, 9.17) is 4.74 Å². The molecule has 2 N–H and O–H groups in total. The molecule has 1 aromatic rings. The summed E-state index contributed by atoms with van der Waals surface area (Å²) in [6.07, 6.45) is 1.30. The second-order valence-corrected chi connectivity index (χ2v) is 5.21. The van der Waals surface area contributed by atoms with Crippen molar-refractivity contribution >= 4 is 11.9 Å². The van der Waals surface area contributed by atoms with Crippen molar-refractivity contribution in [3.63, 3.8) is 0 Å². The maximum absolute atomic E-state index is 11.1. The molecule has 0 aromatic heterocycles. The summed E-state index contributed by atoms with van der Waals surface area (Å²) in [6.45, 7) is 3.49. The molecule has 0 saturated heterocycles. The zero-order chi connectivity index (χ0) is 17.1. The summed E-state index contributed by atoms with van der Waals surface area (Å²) < 4.78 is 9.76. The minimum atomic E-state index is -0.235. The van der Waals surface area contributed by atoms with Gasteiger partial charge in [-0.1, -0.05) is 19.1 Å². The summed E-state index contributed by atoms with van der Waals surface area (Å²) in [5.74, 6) is 1.76. The van der Waals surface area contributed by atoms with Crippen molar-refractivity contribution in [2.45, 2.75) is 25.7 Å². The highest BCUT2D eigenvalue weighted by Crippen LogP contribution is 2.21. The van der Waals surface area contributed by atoms with E-state index < -0.39 is 0 Å². The lowest BCUT2D eigenvalue weighted by molar-refractivity contribution is -0.140. The summed E-state index contributed by atoms with van der Waals surface area (Å²) in [5, 5.41) is 6.33. The summed E-state index contributed by atoms with van der Waals surface area (Å²) in [7, 11) is 4.76. The maximum Gasteiger partial charge on any atom is 0.307 e. The number of nitrogens with zero attached hydrogens (tertiary/aromatic N) is 1. The van der Waals surface area contributed by atoms with Gasteiger partial charge in [0.2, 0.25) is 0 Å². The fourth-order valence-electron chi connectivity index (χ4n) is 2.11. The number of benzene rings is 1. The number of methoxy groups -OCH3 is 2. The molecule has 0 heterocycles. The van der Waals surface area contributed by atoms with Gasteiger partial charge in [-0.2, -0.15) is 0 Å². The van der Waals surface area contributed by atoms with Crippen LogP contribution in [0.2, 0.25) is 0 Å². The van der Waals surface area contributed by atoms with Crippen LogP contribution in [0.15, 0.2) is 29.3 Å². The molecule has 6 heteroatoms. The molecule has 0 amide bonds. The Hall–Kier alpha value is -2.24. The first-order chi connectivity index (χ1) is 11.1. The molecule has 0 aliphatic rings. The zero-order valence-corrected chi connectivity index (χ0v) is 14.4. The number of hydrogen-bond acceptors (Lipinski definition) is 4. The number of carbonyl (C=O) groups excluding carboxylic acids is 1. The minimum absolute atomic E-state index is 0.235. The fraction of sp³-hybridized carbons (Fsp3) is 0.529. The van der Waals surface area contributed by atoms with Gasteiger partial charge in [0, 0.05) is 20.1 Å². The van der Waals surface area contributed by atoms with E-state index in [2.05, 4.69) is 39.4 Å². The number of hydrogen-bond donors (Lipinski definition) is 2. The fourth-order valence-corrected chi connectivity index (χ4v) is 2.11. The second kappa shape index (κ2) is 10.5. The number of nitrogens with one attached hydrogen (secondary N) is 2. The molecular formula is C17H27N3O3. The molecule has 0 fully saturated rings. The third kappa shape index (κ3) is 7.04. The normalized spacial score (nSPS) is 12.4. The van der Waals surface area contributed by atoms with Gasteiger partial charge < -0.3 is 20.1 Å². The number of ether oxygens (including phenoxy) is 2. The van der Waals surface area contributed by atoms with Gasteiger partial charge in [0.15, 0.2) is 5.96 Å². The van der Waals surface area contributed by atoms with Gasteiger partial charge in [-0.3, -0.25) is 9.79 Å². The van der Waals surface area contributed by atoms with E-state index in [1.807, 2.05) is 12.1 Å². The van der Waals surface area contributed by atoms with E-state index in [9.17, 15) is 4.79 Å². The minimum Gasteiger partial charge on any atom is -0.497 e. The molecule has 1 aromatic carbocycles. The second-order valence-electron chi connectivity index (χ2n) is 5.21. The van der Waals surface area contributed by atoms with Crippen LogP contribution in [-0.4, -0.2) is 46.3 Å². The first-order valence-electron chi connectivity index (χ1n) is 7.76. The molecule has 23 heavy (non-hydrogen) atoms. The lowest BCUT2D eigenvalue weighted by Gasteiger charge is -2.15. The third-order valence-electron chi connectivity index (χ3n) is 3.63. The highest BCUT2D eigenvalue weighted by atomic mass is 16.5. The Morgan fingerprint density at radius 2 is 1.83 bits per heavy atom. The number of esters is 1. The Morgan fingerprint density at radius 3 is 2.39 bits per heavy atom. The smallest absolute Gasteiger partial charge is 0.307 e. The highest BCUT2D eigenvalue weighted by Gasteiger charge is 2.07. The first kappa shape index (κ1) is 18.8. The Bertz CT molecular complexity index is 500. The van der Waals surface area contributed by atoms with Crippen LogP contribution < -0.4 is 15.4 Å². The van der Waals surface area contributed by atoms with Gasteiger partial charge >= 0.3 is 5.97 Å². The van der Waals surface area contributed by atoms with Crippen molar-refractivity contribution in [3.8, 4) is 5.75 Å². The molecule has 0 bridgehead atoms. The maximum atomic E-state index is 11.1. The van der Waals surface area contributed by atoms with Crippen molar-refractivity contribution in [1.29, 1.82) is 0 Å². The van der Waals surface area contributed by atoms with Gasteiger partial charge in [0.05, 0.1) is 20.6 Å². The Labute approximate surface area is 138 Å². The molecule has 1 atom stereocenters. The SMILES string of the molecule is CN=C(NCCC(=O)OC)NCCC(C)c1ccc(OC)cc1. The largest absolute Gasteiger partial charge is 0.497 e. The van der Waals surface area contributed by atoms with E-state index in [-0.39, 0.29) is 5.97 Å². The van der Waals surface area contributed by atoms with E-state index in [0.29, 0.717) is 24.8 Å². The van der Waals surface area contributed by atoms with Crippen molar-refractivity contribution in [3.05, 3.63) is 29.8 Å². The first-order valence-corrected chi connectivity index (χ1v) is 7.76. The van der Waals surface area contributed by atoms with Crippen molar-refractivity contribution in [2.24, 2.45) is 4.99 Å². The van der Waals surface area contributed by atoms with Gasteiger partial charge in [0.25, 0.3) is 0 Å². The number of aliphatic imine (C=N–C) groups is 1. The van der Waals surface area contributed by atoms with E-state index >= 15 is 0 Å². The quantitative estimate of drug-likeness (QED) is 0.435. The molecule has 128 valence electrons.